The van der Waals surface area contributed by atoms with Gasteiger partial charge in [-0.2, -0.15) is 0 Å². The molecule has 0 radical (unpaired) electrons. The molecule has 0 bridgehead atoms. The van der Waals surface area contributed by atoms with Crippen molar-refractivity contribution in [3.05, 3.63) is 65.7 Å². The summed E-state index contributed by atoms with van der Waals surface area (Å²) in [6.07, 6.45) is 0. The molecule has 2 aromatic carbocycles. The molecule has 5 nitrogen and oxygen atoms in total. The van der Waals surface area contributed by atoms with Crippen LogP contribution in [-0.4, -0.2) is 17.0 Å². The first-order chi connectivity index (χ1) is 9.22. The van der Waals surface area contributed by atoms with Crippen LogP contribution in [0.1, 0.15) is 20.7 Å². The van der Waals surface area contributed by atoms with E-state index >= 15 is 0 Å². The summed E-state index contributed by atoms with van der Waals surface area (Å²) in [7, 11) is 0. The van der Waals surface area contributed by atoms with Crippen molar-refractivity contribution in [2.75, 3.05) is 5.32 Å². The summed E-state index contributed by atoms with van der Waals surface area (Å²) in [5, 5.41) is 11.3. The fourth-order valence-corrected chi connectivity index (χ4v) is 1.63. The maximum atomic E-state index is 12.0. The SMILES string of the molecule is O=C(Nc1ccccc1C(=O)NO)c1ccccc1. The molecule has 0 spiro atoms. The summed E-state index contributed by atoms with van der Waals surface area (Å²) in [5.41, 5.74) is 2.56. The lowest BCUT2D eigenvalue weighted by Crippen LogP contribution is -2.22. The Bertz CT molecular complexity index is 597. The number of nitrogens with one attached hydrogen (secondary N) is 2. The Kier molecular flexibility index (Phi) is 3.90. The molecule has 0 saturated heterocycles. The number of benzene rings is 2. The van der Waals surface area contributed by atoms with Crippen LogP contribution < -0.4 is 10.8 Å². The number of amides is 2. The lowest BCUT2D eigenvalue weighted by atomic mass is 10.1. The van der Waals surface area contributed by atoms with Crippen molar-refractivity contribution in [3.63, 3.8) is 0 Å². The van der Waals surface area contributed by atoms with E-state index in [1.165, 1.54) is 6.07 Å². The number of anilines is 1. The highest BCUT2D eigenvalue weighted by molar-refractivity contribution is 6.08. The molecule has 3 N–H and O–H groups in total. The van der Waals surface area contributed by atoms with Gasteiger partial charge in [-0.05, 0) is 24.3 Å². The first-order valence-corrected chi connectivity index (χ1v) is 5.62. The summed E-state index contributed by atoms with van der Waals surface area (Å²) in [6.45, 7) is 0. The molecule has 0 heterocycles. The molecule has 19 heavy (non-hydrogen) atoms. The maximum absolute atomic E-state index is 12.0. The minimum absolute atomic E-state index is 0.189. The van der Waals surface area contributed by atoms with Gasteiger partial charge in [-0.1, -0.05) is 30.3 Å². The van der Waals surface area contributed by atoms with Gasteiger partial charge >= 0.3 is 0 Å². The molecular formula is C14H12N2O3. The summed E-state index contributed by atoms with van der Waals surface area (Å²) < 4.78 is 0. The van der Waals surface area contributed by atoms with Gasteiger partial charge in [0.25, 0.3) is 11.8 Å². The molecule has 2 rings (SSSR count). The quantitative estimate of drug-likeness (QED) is 0.581. The monoisotopic (exact) mass is 256 g/mol. The number of hydroxylamine groups is 1. The van der Waals surface area contributed by atoms with Crippen LogP contribution in [0.2, 0.25) is 0 Å². The van der Waals surface area contributed by atoms with Gasteiger partial charge in [0.2, 0.25) is 0 Å². The third-order valence-electron chi connectivity index (χ3n) is 2.56. The fraction of sp³-hybridized carbons (Fsp3) is 0. The molecule has 0 fully saturated rings. The van der Waals surface area contributed by atoms with Crippen molar-refractivity contribution in [2.45, 2.75) is 0 Å². The van der Waals surface area contributed by atoms with Gasteiger partial charge < -0.3 is 5.32 Å². The first-order valence-electron chi connectivity index (χ1n) is 5.62. The van der Waals surface area contributed by atoms with Crippen molar-refractivity contribution in [1.82, 2.24) is 5.48 Å². The Morgan fingerprint density at radius 3 is 2.16 bits per heavy atom. The van der Waals surface area contributed by atoms with Crippen LogP contribution in [0.3, 0.4) is 0 Å². The highest BCUT2D eigenvalue weighted by Crippen LogP contribution is 2.16. The van der Waals surface area contributed by atoms with E-state index in [4.69, 9.17) is 5.21 Å². The molecule has 5 heteroatoms. The van der Waals surface area contributed by atoms with Crippen molar-refractivity contribution in [2.24, 2.45) is 0 Å². The molecule has 2 aromatic rings. The summed E-state index contributed by atoms with van der Waals surface area (Å²) in [5.74, 6) is -0.997. The van der Waals surface area contributed by atoms with E-state index in [2.05, 4.69) is 5.32 Å². The number of hydrogen-bond acceptors (Lipinski definition) is 3. The third-order valence-corrected chi connectivity index (χ3v) is 2.56. The average molecular weight is 256 g/mol. The second-order valence-corrected chi connectivity index (χ2v) is 3.81. The Hall–Kier alpha value is -2.66. The molecule has 0 aliphatic carbocycles. The molecule has 2 amide bonds. The Labute approximate surface area is 109 Å². The van der Waals surface area contributed by atoms with Crippen LogP contribution >= 0.6 is 0 Å². The first kappa shape index (κ1) is 12.8. The van der Waals surface area contributed by atoms with E-state index in [9.17, 15) is 9.59 Å². The van der Waals surface area contributed by atoms with Crippen molar-refractivity contribution < 1.29 is 14.8 Å². The van der Waals surface area contributed by atoms with Crippen LogP contribution in [0.15, 0.2) is 54.6 Å². The molecule has 96 valence electrons. The number of para-hydroxylation sites is 1. The largest absolute Gasteiger partial charge is 0.321 e. The van der Waals surface area contributed by atoms with Crippen molar-refractivity contribution in [3.8, 4) is 0 Å². The zero-order valence-electron chi connectivity index (χ0n) is 9.96. The molecule has 0 aliphatic rings. The highest BCUT2D eigenvalue weighted by atomic mass is 16.5. The summed E-state index contributed by atoms with van der Waals surface area (Å²) in [4.78, 5) is 23.4. The van der Waals surface area contributed by atoms with Gasteiger partial charge in [0.15, 0.2) is 0 Å². The number of carbonyl (C=O) groups is 2. The number of hydrogen-bond donors (Lipinski definition) is 3. The van der Waals surface area contributed by atoms with E-state index in [-0.39, 0.29) is 11.5 Å². The van der Waals surface area contributed by atoms with Crippen LogP contribution in [0.25, 0.3) is 0 Å². The minimum atomic E-state index is -0.677. The predicted molar refractivity (Wildman–Crippen MR) is 70.1 cm³/mol. The summed E-state index contributed by atoms with van der Waals surface area (Å²) in [6, 6.07) is 15.1. The van der Waals surface area contributed by atoms with Crippen molar-refractivity contribution >= 4 is 17.5 Å². The second kappa shape index (κ2) is 5.79. The van der Waals surface area contributed by atoms with Gasteiger partial charge in [-0.3, -0.25) is 14.8 Å². The van der Waals surface area contributed by atoms with E-state index in [0.717, 1.165) is 0 Å². The normalized spacial score (nSPS) is 9.74. The van der Waals surface area contributed by atoms with Gasteiger partial charge in [-0.25, -0.2) is 5.48 Å². The maximum Gasteiger partial charge on any atom is 0.276 e. The van der Waals surface area contributed by atoms with E-state index in [0.29, 0.717) is 11.3 Å². The molecule has 0 unspecified atom stereocenters. The zero-order chi connectivity index (χ0) is 13.7. The standard InChI is InChI=1S/C14H12N2O3/c17-13(10-6-2-1-3-7-10)15-12-9-5-4-8-11(12)14(18)16-19/h1-9,19H,(H,15,17)(H,16,18). The Morgan fingerprint density at radius 1 is 0.842 bits per heavy atom. The topological polar surface area (TPSA) is 78.4 Å². The summed E-state index contributed by atoms with van der Waals surface area (Å²) >= 11 is 0. The fourth-order valence-electron chi connectivity index (χ4n) is 1.63. The Morgan fingerprint density at radius 2 is 1.47 bits per heavy atom. The predicted octanol–water partition coefficient (Wildman–Crippen LogP) is 2.06. The lowest BCUT2D eigenvalue weighted by Gasteiger charge is -2.09. The highest BCUT2D eigenvalue weighted by Gasteiger charge is 2.12. The molecule has 0 atom stereocenters. The lowest BCUT2D eigenvalue weighted by molar-refractivity contribution is 0.0707. The molecule has 0 aliphatic heterocycles. The third kappa shape index (κ3) is 2.97. The van der Waals surface area contributed by atoms with Gasteiger partial charge in [-0.15, -0.1) is 0 Å². The van der Waals surface area contributed by atoms with Crippen LogP contribution in [0.5, 0.6) is 0 Å². The number of carbonyl (C=O) groups excluding carboxylic acids is 2. The Balaban J connectivity index is 2.25. The molecule has 0 saturated carbocycles. The second-order valence-electron chi connectivity index (χ2n) is 3.81. The molecule has 0 aromatic heterocycles. The van der Waals surface area contributed by atoms with E-state index < -0.39 is 5.91 Å². The average Bonchev–Trinajstić information content (AvgIpc) is 2.48. The van der Waals surface area contributed by atoms with Crippen LogP contribution in [-0.2, 0) is 0 Å². The van der Waals surface area contributed by atoms with Crippen LogP contribution in [0.4, 0.5) is 5.69 Å². The van der Waals surface area contributed by atoms with Crippen molar-refractivity contribution in [1.29, 1.82) is 0 Å². The van der Waals surface area contributed by atoms with E-state index in [1.807, 2.05) is 6.07 Å². The van der Waals surface area contributed by atoms with Gasteiger partial charge in [0.05, 0.1) is 11.3 Å². The van der Waals surface area contributed by atoms with Gasteiger partial charge in [0, 0.05) is 5.56 Å². The smallest absolute Gasteiger partial charge is 0.276 e. The van der Waals surface area contributed by atoms with Gasteiger partial charge in [0.1, 0.15) is 0 Å². The van der Waals surface area contributed by atoms with Crippen LogP contribution in [0, 0.1) is 0 Å². The van der Waals surface area contributed by atoms with E-state index in [1.54, 1.807) is 47.9 Å². The zero-order valence-corrected chi connectivity index (χ0v) is 9.96. The number of rotatable bonds is 3. The minimum Gasteiger partial charge on any atom is -0.321 e. The molecular weight excluding hydrogens is 244 g/mol.